The summed E-state index contributed by atoms with van der Waals surface area (Å²) in [6.07, 6.45) is 2.20. The quantitative estimate of drug-likeness (QED) is 0.784. The van der Waals surface area contributed by atoms with Crippen LogP contribution < -0.4 is 0 Å². The Bertz CT molecular complexity index is 425. The van der Waals surface area contributed by atoms with Gasteiger partial charge in [0.2, 0.25) is 10.0 Å². The van der Waals surface area contributed by atoms with Gasteiger partial charge in [-0.1, -0.05) is 13.8 Å². The van der Waals surface area contributed by atoms with Crippen LogP contribution >= 0.6 is 0 Å². The molecule has 0 aliphatic rings. The molecule has 16 heavy (non-hydrogen) atoms. The van der Waals surface area contributed by atoms with Gasteiger partial charge < -0.3 is 10.1 Å². The standard InChI is InChI=1S/C10H18N2O3S/c1-3-5-12(4-2)16(14,15)10-6-9(8-13)11-7-10/h6-7,11,13H,3-5,8H2,1-2H3. The topological polar surface area (TPSA) is 73.4 Å². The Labute approximate surface area is 96.1 Å². The fourth-order valence-corrected chi connectivity index (χ4v) is 3.07. The lowest BCUT2D eigenvalue weighted by Crippen LogP contribution is -2.31. The number of H-pyrrole nitrogens is 1. The normalized spacial score (nSPS) is 12.2. The first-order valence-electron chi connectivity index (χ1n) is 5.34. The molecule has 5 nitrogen and oxygen atoms in total. The summed E-state index contributed by atoms with van der Waals surface area (Å²) in [5.41, 5.74) is 0.506. The fraction of sp³-hybridized carbons (Fsp3) is 0.600. The molecule has 0 spiro atoms. The number of hydrogen-bond acceptors (Lipinski definition) is 3. The van der Waals surface area contributed by atoms with Crippen molar-refractivity contribution in [1.82, 2.24) is 9.29 Å². The van der Waals surface area contributed by atoms with E-state index in [0.29, 0.717) is 18.8 Å². The van der Waals surface area contributed by atoms with Crippen LogP contribution in [0.25, 0.3) is 0 Å². The first-order valence-corrected chi connectivity index (χ1v) is 6.78. The van der Waals surface area contributed by atoms with Crippen LogP contribution in [-0.2, 0) is 16.6 Å². The van der Waals surface area contributed by atoms with Gasteiger partial charge in [0.15, 0.2) is 0 Å². The van der Waals surface area contributed by atoms with Crippen molar-refractivity contribution in [1.29, 1.82) is 0 Å². The highest BCUT2D eigenvalue weighted by molar-refractivity contribution is 7.89. The molecule has 0 saturated heterocycles. The smallest absolute Gasteiger partial charge is 0.244 e. The lowest BCUT2D eigenvalue weighted by Gasteiger charge is -2.18. The molecule has 0 aromatic carbocycles. The van der Waals surface area contributed by atoms with Gasteiger partial charge in [-0.05, 0) is 12.5 Å². The largest absolute Gasteiger partial charge is 0.390 e. The van der Waals surface area contributed by atoms with E-state index in [1.54, 1.807) is 0 Å². The molecule has 1 heterocycles. The maximum atomic E-state index is 12.1. The zero-order valence-electron chi connectivity index (χ0n) is 9.60. The van der Waals surface area contributed by atoms with Crippen molar-refractivity contribution in [2.45, 2.75) is 31.8 Å². The molecule has 0 radical (unpaired) electrons. The Hall–Kier alpha value is -0.850. The molecule has 1 rings (SSSR count). The molecule has 92 valence electrons. The second-order valence-corrected chi connectivity index (χ2v) is 5.45. The molecule has 0 unspecified atom stereocenters. The van der Waals surface area contributed by atoms with Crippen molar-refractivity contribution in [2.24, 2.45) is 0 Å². The minimum absolute atomic E-state index is 0.185. The lowest BCUT2D eigenvalue weighted by atomic mass is 10.5. The summed E-state index contributed by atoms with van der Waals surface area (Å²) in [6.45, 7) is 4.53. The van der Waals surface area contributed by atoms with Gasteiger partial charge in [0.25, 0.3) is 0 Å². The summed E-state index contributed by atoms with van der Waals surface area (Å²) < 4.78 is 25.6. The van der Waals surface area contributed by atoms with Gasteiger partial charge in [-0.3, -0.25) is 0 Å². The molecular weight excluding hydrogens is 228 g/mol. The first kappa shape index (κ1) is 13.2. The van der Waals surface area contributed by atoms with E-state index in [-0.39, 0.29) is 11.5 Å². The summed E-state index contributed by atoms with van der Waals surface area (Å²) in [7, 11) is -3.41. The van der Waals surface area contributed by atoms with E-state index in [1.807, 2.05) is 13.8 Å². The molecule has 6 heteroatoms. The Balaban J connectivity index is 2.99. The molecular formula is C10H18N2O3S. The average molecular weight is 246 g/mol. The number of nitrogens with one attached hydrogen (secondary N) is 1. The van der Waals surface area contributed by atoms with Crippen LogP contribution in [0.4, 0.5) is 0 Å². The van der Waals surface area contributed by atoms with Crippen LogP contribution in [0.15, 0.2) is 17.2 Å². The third-order valence-corrected chi connectivity index (χ3v) is 4.30. The second-order valence-electron chi connectivity index (χ2n) is 3.52. The van der Waals surface area contributed by atoms with E-state index in [1.165, 1.54) is 16.6 Å². The van der Waals surface area contributed by atoms with Crippen LogP contribution in [0.2, 0.25) is 0 Å². The fourth-order valence-electron chi connectivity index (χ4n) is 1.51. The zero-order chi connectivity index (χ0) is 12.2. The van der Waals surface area contributed by atoms with Crippen LogP contribution in [0.1, 0.15) is 26.0 Å². The Kier molecular flexibility index (Phi) is 4.52. The molecule has 0 aliphatic carbocycles. The zero-order valence-corrected chi connectivity index (χ0v) is 10.4. The molecule has 1 aromatic rings. The molecule has 0 bridgehead atoms. The molecule has 0 saturated carbocycles. The van der Waals surface area contributed by atoms with Crippen molar-refractivity contribution in [3.63, 3.8) is 0 Å². The highest BCUT2D eigenvalue weighted by Crippen LogP contribution is 2.16. The van der Waals surface area contributed by atoms with Crippen molar-refractivity contribution in [3.8, 4) is 0 Å². The minimum Gasteiger partial charge on any atom is -0.390 e. The van der Waals surface area contributed by atoms with Gasteiger partial charge in [-0.25, -0.2) is 8.42 Å². The summed E-state index contributed by atoms with van der Waals surface area (Å²) in [6, 6.07) is 1.47. The van der Waals surface area contributed by atoms with Gasteiger partial charge in [0.1, 0.15) is 0 Å². The van der Waals surface area contributed by atoms with E-state index in [9.17, 15) is 8.42 Å². The number of nitrogens with zero attached hydrogens (tertiary/aromatic N) is 1. The van der Waals surface area contributed by atoms with Gasteiger partial charge in [0.05, 0.1) is 11.5 Å². The predicted molar refractivity (Wildman–Crippen MR) is 61.4 cm³/mol. The highest BCUT2D eigenvalue weighted by atomic mass is 32.2. The van der Waals surface area contributed by atoms with Crippen molar-refractivity contribution in [3.05, 3.63) is 18.0 Å². The van der Waals surface area contributed by atoms with Gasteiger partial charge in [-0.2, -0.15) is 4.31 Å². The molecule has 0 atom stereocenters. The summed E-state index contributed by atoms with van der Waals surface area (Å²) in [5.74, 6) is 0. The minimum atomic E-state index is -3.41. The Morgan fingerprint density at radius 1 is 1.44 bits per heavy atom. The van der Waals surface area contributed by atoms with Crippen LogP contribution in [0.3, 0.4) is 0 Å². The van der Waals surface area contributed by atoms with Crippen molar-refractivity contribution in [2.75, 3.05) is 13.1 Å². The average Bonchev–Trinajstić information content (AvgIpc) is 2.74. The molecule has 1 aromatic heterocycles. The first-order chi connectivity index (χ1) is 7.56. The van der Waals surface area contributed by atoms with E-state index < -0.39 is 10.0 Å². The maximum Gasteiger partial charge on any atom is 0.244 e. The number of hydrogen-bond donors (Lipinski definition) is 2. The second kappa shape index (κ2) is 5.47. The third kappa shape index (κ3) is 2.63. The molecule has 0 amide bonds. The summed E-state index contributed by atoms with van der Waals surface area (Å²) in [5, 5.41) is 8.88. The molecule has 0 aliphatic heterocycles. The van der Waals surface area contributed by atoms with Crippen molar-refractivity contribution < 1.29 is 13.5 Å². The van der Waals surface area contributed by atoms with E-state index in [2.05, 4.69) is 4.98 Å². The summed E-state index contributed by atoms with van der Waals surface area (Å²) >= 11 is 0. The Morgan fingerprint density at radius 2 is 2.12 bits per heavy atom. The summed E-state index contributed by atoms with van der Waals surface area (Å²) in [4.78, 5) is 2.94. The monoisotopic (exact) mass is 246 g/mol. The number of aromatic amines is 1. The number of aliphatic hydroxyl groups excluding tert-OH is 1. The molecule has 2 N–H and O–H groups in total. The van der Waals surface area contributed by atoms with E-state index in [0.717, 1.165) is 6.42 Å². The highest BCUT2D eigenvalue weighted by Gasteiger charge is 2.23. The van der Waals surface area contributed by atoms with Gasteiger partial charge in [-0.15, -0.1) is 0 Å². The maximum absolute atomic E-state index is 12.1. The number of aromatic nitrogens is 1. The van der Waals surface area contributed by atoms with E-state index in [4.69, 9.17) is 5.11 Å². The van der Waals surface area contributed by atoms with Gasteiger partial charge in [0, 0.05) is 25.0 Å². The number of aliphatic hydroxyl groups is 1. The van der Waals surface area contributed by atoms with Crippen molar-refractivity contribution >= 4 is 10.0 Å². The third-order valence-electron chi connectivity index (χ3n) is 2.35. The van der Waals surface area contributed by atoms with Crippen LogP contribution in [-0.4, -0.2) is 35.9 Å². The number of sulfonamides is 1. The van der Waals surface area contributed by atoms with Crippen LogP contribution in [0, 0.1) is 0 Å². The molecule has 0 fully saturated rings. The lowest BCUT2D eigenvalue weighted by molar-refractivity contribution is 0.277. The Morgan fingerprint density at radius 3 is 2.56 bits per heavy atom. The van der Waals surface area contributed by atoms with Crippen LogP contribution in [0.5, 0.6) is 0 Å². The number of rotatable bonds is 6. The predicted octanol–water partition coefficient (Wildman–Crippen LogP) is 0.928. The van der Waals surface area contributed by atoms with Gasteiger partial charge >= 0.3 is 0 Å². The SMILES string of the molecule is CCCN(CC)S(=O)(=O)c1c[nH]c(CO)c1. The van der Waals surface area contributed by atoms with E-state index >= 15 is 0 Å².